The van der Waals surface area contributed by atoms with Gasteiger partial charge in [-0.05, 0) is 30.5 Å². The zero-order valence-corrected chi connectivity index (χ0v) is 11.7. The molecular weight excluding hydrogens is 283 g/mol. The first-order chi connectivity index (χ1) is 9.93. The number of hydrogen-bond acceptors (Lipinski definition) is 2. The van der Waals surface area contributed by atoms with Crippen molar-refractivity contribution in [1.82, 2.24) is 5.32 Å². The number of carbonyl (C=O) groups is 1. The Hall–Kier alpha value is -1.56. The van der Waals surface area contributed by atoms with Gasteiger partial charge in [0.1, 0.15) is 0 Å². The molecular formula is C15H20F3NO2. The average molecular weight is 303 g/mol. The molecule has 1 aromatic rings. The molecule has 0 unspecified atom stereocenters. The minimum atomic E-state index is -4.35. The molecule has 0 bridgehead atoms. The summed E-state index contributed by atoms with van der Waals surface area (Å²) in [5.41, 5.74) is -0.156. The Morgan fingerprint density at radius 2 is 1.67 bits per heavy atom. The molecule has 0 heterocycles. The molecule has 0 fully saturated rings. The molecule has 6 heteroatoms. The van der Waals surface area contributed by atoms with E-state index < -0.39 is 11.7 Å². The van der Waals surface area contributed by atoms with Crippen molar-refractivity contribution in [3.05, 3.63) is 35.4 Å². The summed E-state index contributed by atoms with van der Waals surface area (Å²) in [4.78, 5) is 11.6. The first-order valence-corrected chi connectivity index (χ1v) is 6.97. The van der Waals surface area contributed by atoms with Crippen molar-refractivity contribution in [3.8, 4) is 0 Å². The monoisotopic (exact) mass is 303 g/mol. The van der Waals surface area contributed by atoms with Crippen LogP contribution in [0.3, 0.4) is 0 Å². The fraction of sp³-hybridized carbons (Fsp3) is 0.533. The van der Waals surface area contributed by atoms with Crippen molar-refractivity contribution in [2.45, 2.75) is 38.3 Å². The molecule has 0 saturated heterocycles. The van der Waals surface area contributed by atoms with E-state index in [1.807, 2.05) is 0 Å². The van der Waals surface area contributed by atoms with Gasteiger partial charge in [0, 0.05) is 13.2 Å². The predicted molar refractivity (Wildman–Crippen MR) is 73.7 cm³/mol. The third kappa shape index (κ3) is 7.13. The first-order valence-electron chi connectivity index (χ1n) is 6.97. The second-order valence-electron chi connectivity index (χ2n) is 4.86. The minimum Gasteiger partial charge on any atom is -0.396 e. The van der Waals surface area contributed by atoms with Gasteiger partial charge in [0.05, 0.1) is 12.0 Å². The van der Waals surface area contributed by atoms with Crippen molar-refractivity contribution >= 4 is 5.91 Å². The lowest BCUT2D eigenvalue weighted by atomic mass is 10.1. The standard InChI is InChI=1S/C15H20F3NO2/c16-15(17,18)13-7-5-12(6-8-13)11-14(21)19-9-3-1-2-4-10-20/h5-8,20H,1-4,9-11H2,(H,19,21). The van der Waals surface area contributed by atoms with Gasteiger partial charge in [-0.1, -0.05) is 25.0 Å². The molecule has 1 amide bonds. The van der Waals surface area contributed by atoms with Gasteiger partial charge >= 0.3 is 6.18 Å². The molecule has 0 saturated carbocycles. The van der Waals surface area contributed by atoms with Crippen LogP contribution in [-0.4, -0.2) is 24.2 Å². The summed E-state index contributed by atoms with van der Waals surface area (Å²) in [6.07, 6.45) is -0.825. The van der Waals surface area contributed by atoms with E-state index in [0.717, 1.165) is 37.8 Å². The molecule has 3 nitrogen and oxygen atoms in total. The average Bonchev–Trinajstić information content (AvgIpc) is 2.42. The van der Waals surface area contributed by atoms with Crippen LogP contribution < -0.4 is 5.32 Å². The maximum atomic E-state index is 12.4. The zero-order valence-electron chi connectivity index (χ0n) is 11.7. The number of unbranched alkanes of at least 4 members (excludes halogenated alkanes) is 3. The Kier molecular flexibility index (Phi) is 7.22. The quantitative estimate of drug-likeness (QED) is 0.726. The highest BCUT2D eigenvalue weighted by molar-refractivity contribution is 5.78. The highest BCUT2D eigenvalue weighted by atomic mass is 19.4. The van der Waals surface area contributed by atoms with E-state index in [9.17, 15) is 18.0 Å². The number of rotatable bonds is 8. The summed E-state index contributed by atoms with van der Waals surface area (Å²) < 4.78 is 37.1. The summed E-state index contributed by atoms with van der Waals surface area (Å²) in [7, 11) is 0. The first kappa shape index (κ1) is 17.5. The molecule has 1 aromatic carbocycles. The second kappa shape index (κ2) is 8.67. The molecule has 0 spiro atoms. The van der Waals surface area contributed by atoms with E-state index in [2.05, 4.69) is 5.32 Å². The number of nitrogens with one attached hydrogen (secondary N) is 1. The Balaban J connectivity index is 2.28. The normalized spacial score (nSPS) is 11.4. The van der Waals surface area contributed by atoms with Crippen LogP contribution in [0.5, 0.6) is 0 Å². The Morgan fingerprint density at radius 1 is 1.05 bits per heavy atom. The van der Waals surface area contributed by atoms with Crippen LogP contribution in [0.15, 0.2) is 24.3 Å². The summed E-state index contributed by atoms with van der Waals surface area (Å²) in [5.74, 6) is -0.197. The van der Waals surface area contributed by atoms with Gasteiger partial charge in [-0.3, -0.25) is 4.79 Å². The van der Waals surface area contributed by atoms with Gasteiger partial charge < -0.3 is 10.4 Å². The number of amides is 1. The number of carbonyl (C=O) groups excluding carboxylic acids is 1. The van der Waals surface area contributed by atoms with Gasteiger partial charge in [-0.15, -0.1) is 0 Å². The van der Waals surface area contributed by atoms with E-state index in [0.29, 0.717) is 12.1 Å². The van der Waals surface area contributed by atoms with Crippen LogP contribution in [0.25, 0.3) is 0 Å². The molecule has 2 N–H and O–H groups in total. The third-order valence-corrected chi connectivity index (χ3v) is 3.05. The van der Waals surface area contributed by atoms with Crippen molar-refractivity contribution in [2.24, 2.45) is 0 Å². The molecule has 0 aromatic heterocycles. The number of alkyl halides is 3. The topological polar surface area (TPSA) is 49.3 Å². The van der Waals surface area contributed by atoms with Crippen LogP contribution in [0.1, 0.15) is 36.8 Å². The van der Waals surface area contributed by atoms with E-state index in [1.54, 1.807) is 0 Å². The lowest BCUT2D eigenvalue weighted by Gasteiger charge is -2.08. The lowest BCUT2D eigenvalue weighted by Crippen LogP contribution is -2.26. The van der Waals surface area contributed by atoms with Crippen LogP contribution in [0.2, 0.25) is 0 Å². The maximum Gasteiger partial charge on any atom is 0.416 e. The third-order valence-electron chi connectivity index (χ3n) is 3.05. The fourth-order valence-electron chi connectivity index (χ4n) is 1.88. The number of aliphatic hydroxyl groups is 1. The summed E-state index contributed by atoms with van der Waals surface area (Å²) in [5, 5.41) is 11.3. The molecule has 0 radical (unpaired) electrons. The van der Waals surface area contributed by atoms with Crippen molar-refractivity contribution in [3.63, 3.8) is 0 Å². The Bertz CT molecular complexity index is 430. The van der Waals surface area contributed by atoms with Gasteiger partial charge in [-0.25, -0.2) is 0 Å². The van der Waals surface area contributed by atoms with Gasteiger partial charge in [0.2, 0.25) is 5.91 Å². The molecule has 0 aliphatic heterocycles. The van der Waals surface area contributed by atoms with Crippen LogP contribution in [0.4, 0.5) is 13.2 Å². The van der Waals surface area contributed by atoms with Gasteiger partial charge in [0.15, 0.2) is 0 Å². The van der Waals surface area contributed by atoms with Crippen molar-refractivity contribution < 1.29 is 23.1 Å². The van der Waals surface area contributed by atoms with Gasteiger partial charge in [0.25, 0.3) is 0 Å². The number of halogens is 3. The molecule has 0 atom stereocenters. The number of hydrogen-bond donors (Lipinski definition) is 2. The second-order valence-corrected chi connectivity index (χ2v) is 4.86. The molecule has 0 aliphatic rings. The Labute approximate surface area is 122 Å². The van der Waals surface area contributed by atoms with Crippen LogP contribution in [0, 0.1) is 0 Å². The SMILES string of the molecule is O=C(Cc1ccc(C(F)(F)F)cc1)NCCCCCCO. The van der Waals surface area contributed by atoms with E-state index >= 15 is 0 Å². The molecule has 21 heavy (non-hydrogen) atoms. The van der Waals surface area contributed by atoms with E-state index in [4.69, 9.17) is 5.11 Å². The van der Waals surface area contributed by atoms with Gasteiger partial charge in [-0.2, -0.15) is 13.2 Å². The molecule has 0 aliphatic carbocycles. The largest absolute Gasteiger partial charge is 0.416 e. The Morgan fingerprint density at radius 3 is 2.24 bits per heavy atom. The number of aliphatic hydroxyl groups excluding tert-OH is 1. The predicted octanol–water partition coefficient (Wildman–Crippen LogP) is 2.92. The highest BCUT2D eigenvalue weighted by Crippen LogP contribution is 2.29. The lowest BCUT2D eigenvalue weighted by molar-refractivity contribution is -0.137. The van der Waals surface area contributed by atoms with E-state index in [-0.39, 0.29) is 18.9 Å². The smallest absolute Gasteiger partial charge is 0.396 e. The van der Waals surface area contributed by atoms with Crippen molar-refractivity contribution in [2.75, 3.05) is 13.2 Å². The maximum absolute atomic E-state index is 12.4. The molecule has 1 rings (SSSR count). The van der Waals surface area contributed by atoms with Crippen LogP contribution in [-0.2, 0) is 17.4 Å². The summed E-state index contributed by atoms with van der Waals surface area (Å²) >= 11 is 0. The minimum absolute atomic E-state index is 0.0782. The summed E-state index contributed by atoms with van der Waals surface area (Å²) in [6, 6.07) is 4.61. The van der Waals surface area contributed by atoms with Crippen LogP contribution >= 0.6 is 0 Å². The zero-order chi connectivity index (χ0) is 15.7. The molecule has 118 valence electrons. The summed E-state index contributed by atoms with van der Waals surface area (Å²) in [6.45, 7) is 0.727. The number of benzene rings is 1. The van der Waals surface area contributed by atoms with Crippen molar-refractivity contribution in [1.29, 1.82) is 0 Å². The fourth-order valence-corrected chi connectivity index (χ4v) is 1.88. The highest BCUT2D eigenvalue weighted by Gasteiger charge is 2.29. The van der Waals surface area contributed by atoms with E-state index in [1.165, 1.54) is 12.1 Å².